The zero-order valence-corrected chi connectivity index (χ0v) is 16.6. The Hall–Kier alpha value is -1.27. The maximum absolute atomic E-state index is 12.3. The summed E-state index contributed by atoms with van der Waals surface area (Å²) in [6.45, 7) is 6.30. The van der Waals surface area contributed by atoms with Crippen LogP contribution < -0.4 is 5.32 Å². The van der Waals surface area contributed by atoms with E-state index in [0.29, 0.717) is 17.7 Å². The third-order valence-corrected chi connectivity index (χ3v) is 6.45. The highest BCUT2D eigenvalue weighted by Gasteiger charge is 2.30. The average Bonchev–Trinajstić information content (AvgIpc) is 3.29. The van der Waals surface area contributed by atoms with Crippen LogP contribution in [0.15, 0.2) is 33.8 Å². The van der Waals surface area contributed by atoms with Crippen molar-refractivity contribution >= 4 is 39.4 Å². The van der Waals surface area contributed by atoms with Gasteiger partial charge in [0.1, 0.15) is 5.82 Å². The summed E-state index contributed by atoms with van der Waals surface area (Å²) in [6.07, 6.45) is 4.27. The van der Waals surface area contributed by atoms with Gasteiger partial charge in [0.25, 0.3) is 0 Å². The van der Waals surface area contributed by atoms with E-state index in [1.54, 1.807) is 18.0 Å². The number of thioether (sulfide) groups is 1. The van der Waals surface area contributed by atoms with E-state index >= 15 is 0 Å². The minimum atomic E-state index is 0.00437. The lowest BCUT2D eigenvalue weighted by atomic mass is 10.2. The molecule has 0 saturated heterocycles. The number of aryl methyl sites for hydroxylation is 2. The van der Waals surface area contributed by atoms with E-state index in [2.05, 4.69) is 59.2 Å². The van der Waals surface area contributed by atoms with Crippen molar-refractivity contribution in [1.29, 1.82) is 0 Å². The molecule has 6 heteroatoms. The fraction of sp³-hybridized carbons (Fsp3) is 0.444. The van der Waals surface area contributed by atoms with Crippen LogP contribution >= 0.6 is 27.7 Å². The quantitative estimate of drug-likeness (QED) is 0.687. The topological polar surface area (TPSA) is 46.9 Å². The molecule has 1 aliphatic rings. The van der Waals surface area contributed by atoms with Crippen molar-refractivity contribution in [3.05, 3.63) is 40.0 Å². The van der Waals surface area contributed by atoms with Crippen LogP contribution in [0.3, 0.4) is 0 Å². The lowest BCUT2D eigenvalue weighted by Crippen LogP contribution is -2.19. The van der Waals surface area contributed by atoms with Gasteiger partial charge in [-0.1, -0.05) is 15.9 Å². The van der Waals surface area contributed by atoms with Gasteiger partial charge in [0.2, 0.25) is 5.91 Å². The smallest absolute Gasteiger partial charge is 0.235 e. The van der Waals surface area contributed by atoms with Crippen molar-refractivity contribution in [1.82, 2.24) is 9.78 Å². The molecular formula is C18H22BrN3OS. The normalized spacial score (nSPS) is 15.3. The Kier molecular flexibility index (Phi) is 5.35. The number of hydrogen-bond donors (Lipinski definition) is 1. The van der Waals surface area contributed by atoms with Gasteiger partial charge in [-0.2, -0.15) is 5.10 Å². The number of rotatable bonds is 6. The van der Waals surface area contributed by atoms with Crippen LogP contribution in [0, 0.1) is 19.8 Å². The summed E-state index contributed by atoms with van der Waals surface area (Å²) in [4.78, 5) is 13.5. The van der Waals surface area contributed by atoms with E-state index in [1.807, 2.05) is 10.7 Å². The van der Waals surface area contributed by atoms with Crippen molar-refractivity contribution in [3.8, 4) is 0 Å². The summed E-state index contributed by atoms with van der Waals surface area (Å²) in [6, 6.07) is 6.44. The minimum absolute atomic E-state index is 0.00437. The maximum Gasteiger partial charge on any atom is 0.235 e. The summed E-state index contributed by atoms with van der Waals surface area (Å²) in [7, 11) is 0. The number of aromatic nitrogens is 2. The zero-order valence-electron chi connectivity index (χ0n) is 14.2. The van der Waals surface area contributed by atoms with Crippen molar-refractivity contribution in [2.75, 3.05) is 11.1 Å². The Morgan fingerprint density at radius 2 is 2.17 bits per heavy atom. The summed E-state index contributed by atoms with van der Waals surface area (Å²) in [5, 5.41) is 7.38. The van der Waals surface area contributed by atoms with Crippen LogP contribution in [-0.2, 0) is 4.79 Å². The second-order valence-electron chi connectivity index (χ2n) is 6.44. The number of halogens is 1. The first-order valence-electron chi connectivity index (χ1n) is 8.18. The average molecular weight is 408 g/mol. The second kappa shape index (κ2) is 7.31. The van der Waals surface area contributed by atoms with Crippen LogP contribution in [0.1, 0.15) is 36.9 Å². The zero-order chi connectivity index (χ0) is 17.3. The van der Waals surface area contributed by atoms with Gasteiger partial charge in [-0.15, -0.1) is 11.8 Å². The standard InChI is InChI=1S/C18H22BrN3OS/c1-11-9-16(12(2)8-15(11)19)24-10-18(23)21-17-6-7-20-22(17)13(3)14-4-5-14/h6-9,13-14H,4-5,10H2,1-3H3,(H,21,23). The number of carbonyl (C=O) groups excluding carboxylic acids is 1. The molecule has 1 fully saturated rings. The van der Waals surface area contributed by atoms with E-state index in [4.69, 9.17) is 0 Å². The predicted molar refractivity (Wildman–Crippen MR) is 103 cm³/mol. The number of anilines is 1. The highest BCUT2D eigenvalue weighted by atomic mass is 79.9. The molecule has 1 saturated carbocycles. The summed E-state index contributed by atoms with van der Waals surface area (Å²) in [5.41, 5.74) is 2.36. The molecule has 1 N–H and O–H groups in total. The highest BCUT2D eigenvalue weighted by molar-refractivity contribution is 9.10. The molecule has 1 aliphatic carbocycles. The molecule has 0 aliphatic heterocycles. The highest BCUT2D eigenvalue weighted by Crippen LogP contribution is 2.40. The van der Waals surface area contributed by atoms with E-state index in [1.165, 1.54) is 24.0 Å². The Balaban J connectivity index is 1.60. The van der Waals surface area contributed by atoms with Gasteiger partial charge >= 0.3 is 0 Å². The van der Waals surface area contributed by atoms with Crippen LogP contribution in [0.5, 0.6) is 0 Å². The van der Waals surface area contributed by atoms with Gasteiger partial charge in [0.15, 0.2) is 0 Å². The minimum Gasteiger partial charge on any atom is -0.310 e. The summed E-state index contributed by atoms with van der Waals surface area (Å²) >= 11 is 5.11. The van der Waals surface area contributed by atoms with Gasteiger partial charge < -0.3 is 5.32 Å². The van der Waals surface area contributed by atoms with Gasteiger partial charge in [0.05, 0.1) is 18.0 Å². The number of nitrogens with zero attached hydrogens (tertiary/aromatic N) is 2. The molecule has 3 rings (SSSR count). The molecule has 0 bridgehead atoms. The van der Waals surface area contributed by atoms with Crippen molar-refractivity contribution in [2.24, 2.45) is 5.92 Å². The first-order valence-corrected chi connectivity index (χ1v) is 9.96. The van der Waals surface area contributed by atoms with E-state index < -0.39 is 0 Å². The molecule has 4 nitrogen and oxygen atoms in total. The number of carbonyl (C=O) groups is 1. The summed E-state index contributed by atoms with van der Waals surface area (Å²) in [5.74, 6) is 1.89. The van der Waals surface area contributed by atoms with Crippen LogP contribution in [-0.4, -0.2) is 21.4 Å². The summed E-state index contributed by atoms with van der Waals surface area (Å²) < 4.78 is 3.04. The van der Waals surface area contributed by atoms with Gasteiger partial charge in [-0.05, 0) is 62.8 Å². The largest absolute Gasteiger partial charge is 0.310 e. The van der Waals surface area contributed by atoms with Crippen molar-refractivity contribution in [2.45, 2.75) is 44.6 Å². The molecule has 1 aromatic carbocycles. The van der Waals surface area contributed by atoms with Crippen LogP contribution in [0.4, 0.5) is 5.82 Å². The Bertz CT molecular complexity index is 755. The second-order valence-corrected chi connectivity index (χ2v) is 8.31. The maximum atomic E-state index is 12.3. The molecule has 1 atom stereocenters. The lowest BCUT2D eigenvalue weighted by molar-refractivity contribution is -0.113. The van der Waals surface area contributed by atoms with Crippen LogP contribution in [0.2, 0.25) is 0 Å². The van der Waals surface area contributed by atoms with Crippen molar-refractivity contribution < 1.29 is 4.79 Å². The lowest BCUT2D eigenvalue weighted by Gasteiger charge is -2.15. The third kappa shape index (κ3) is 4.03. The molecule has 1 unspecified atom stereocenters. The van der Waals surface area contributed by atoms with E-state index in [9.17, 15) is 4.79 Å². The van der Waals surface area contributed by atoms with Gasteiger partial charge in [-0.3, -0.25) is 4.79 Å². The fourth-order valence-corrected chi connectivity index (χ4v) is 4.11. The first-order chi connectivity index (χ1) is 11.5. The number of hydrogen-bond acceptors (Lipinski definition) is 3. The molecule has 1 heterocycles. The number of nitrogens with one attached hydrogen (secondary N) is 1. The molecule has 1 amide bonds. The molecule has 24 heavy (non-hydrogen) atoms. The Morgan fingerprint density at radius 1 is 1.42 bits per heavy atom. The molecule has 2 aromatic rings. The van der Waals surface area contributed by atoms with Crippen LogP contribution in [0.25, 0.3) is 0 Å². The monoisotopic (exact) mass is 407 g/mol. The molecular weight excluding hydrogens is 386 g/mol. The molecule has 128 valence electrons. The third-order valence-electron chi connectivity index (χ3n) is 4.44. The Morgan fingerprint density at radius 3 is 2.88 bits per heavy atom. The molecule has 0 radical (unpaired) electrons. The van der Waals surface area contributed by atoms with E-state index in [-0.39, 0.29) is 5.91 Å². The number of amides is 1. The SMILES string of the molecule is Cc1cc(SCC(=O)Nc2ccnn2C(C)C2CC2)c(C)cc1Br. The number of benzene rings is 1. The Labute approximate surface area is 155 Å². The van der Waals surface area contributed by atoms with Gasteiger partial charge in [-0.25, -0.2) is 4.68 Å². The predicted octanol–water partition coefficient (Wildman–Crippen LogP) is 4.96. The molecule has 1 aromatic heterocycles. The van der Waals surface area contributed by atoms with Crippen molar-refractivity contribution in [3.63, 3.8) is 0 Å². The first kappa shape index (κ1) is 17.5. The fourth-order valence-electron chi connectivity index (χ4n) is 2.75. The van der Waals surface area contributed by atoms with E-state index in [0.717, 1.165) is 15.2 Å². The molecule has 0 spiro atoms. The van der Waals surface area contributed by atoms with Gasteiger partial charge in [0, 0.05) is 15.4 Å².